The number of ether oxygens (including phenoxy) is 2. The number of carbonyl (C=O) groups is 2. The van der Waals surface area contributed by atoms with Crippen molar-refractivity contribution in [3.63, 3.8) is 0 Å². The molecule has 11 heteroatoms. The topological polar surface area (TPSA) is 152 Å². The number of nitro groups is 1. The van der Waals surface area contributed by atoms with E-state index in [9.17, 15) is 24.8 Å². The lowest BCUT2D eigenvalue weighted by Crippen LogP contribution is -2.20. The molecule has 0 aliphatic heterocycles. The van der Waals surface area contributed by atoms with Gasteiger partial charge < -0.3 is 19.9 Å². The molecule has 2 aromatic rings. The molecule has 30 heavy (non-hydrogen) atoms. The van der Waals surface area contributed by atoms with Crippen LogP contribution < -0.4 is 20.2 Å². The van der Waals surface area contributed by atoms with Crippen LogP contribution >= 0.6 is 0 Å². The van der Waals surface area contributed by atoms with Gasteiger partial charge in [-0.2, -0.15) is 5.10 Å². The number of rotatable bonds is 9. The molecule has 0 bridgehead atoms. The number of nitro benzene ring substituents is 1. The molecule has 11 nitrogen and oxygen atoms in total. The molecule has 0 saturated heterocycles. The van der Waals surface area contributed by atoms with Gasteiger partial charge in [0.05, 0.1) is 31.4 Å². The number of anilines is 1. The molecule has 0 aliphatic carbocycles. The number of carbonyl (C=O) groups excluding carboxylic acids is 2. The van der Waals surface area contributed by atoms with Gasteiger partial charge in [-0.05, 0) is 24.3 Å². The molecule has 0 radical (unpaired) electrons. The second-order valence-corrected chi connectivity index (χ2v) is 5.91. The number of aromatic hydroxyl groups is 1. The smallest absolute Gasteiger partial charge is 0.274 e. The van der Waals surface area contributed by atoms with Crippen LogP contribution in [0.25, 0.3) is 0 Å². The summed E-state index contributed by atoms with van der Waals surface area (Å²) in [7, 11) is 2.78. The Hall–Kier alpha value is -4.15. The molecule has 3 N–H and O–H groups in total. The number of hydrogen-bond donors (Lipinski definition) is 3. The Labute approximate surface area is 171 Å². The van der Waals surface area contributed by atoms with Crippen LogP contribution in [0.5, 0.6) is 17.2 Å². The largest absolute Gasteiger partial charge is 0.504 e. The number of phenols is 1. The third kappa shape index (κ3) is 6.19. The summed E-state index contributed by atoms with van der Waals surface area (Å²) in [5.41, 5.74) is 2.43. The first-order valence-corrected chi connectivity index (χ1v) is 8.65. The van der Waals surface area contributed by atoms with Crippen LogP contribution in [0.2, 0.25) is 0 Å². The van der Waals surface area contributed by atoms with E-state index in [1.165, 1.54) is 14.2 Å². The Morgan fingerprint density at radius 1 is 1.13 bits per heavy atom. The maximum Gasteiger partial charge on any atom is 0.274 e. The van der Waals surface area contributed by atoms with Crippen molar-refractivity contribution in [2.24, 2.45) is 5.10 Å². The number of nitrogens with zero attached hydrogens (tertiary/aromatic N) is 2. The zero-order chi connectivity index (χ0) is 22.1. The van der Waals surface area contributed by atoms with E-state index in [2.05, 4.69) is 15.8 Å². The molecule has 2 aromatic carbocycles. The third-order valence-electron chi connectivity index (χ3n) is 3.87. The standard InChI is InChI=1S/C19H20N4O7/c1-29-15-5-3-13(4-6-15)21-17(24)7-8-18(25)22-20-11-12-9-14(23(27)28)10-16(30-2)19(12)26/h3-6,9-11,26H,7-8H2,1-2H3,(H,21,24)(H,22,25). The van der Waals surface area contributed by atoms with Crippen LogP contribution in [0.15, 0.2) is 41.5 Å². The van der Waals surface area contributed by atoms with Gasteiger partial charge in [-0.25, -0.2) is 5.43 Å². The van der Waals surface area contributed by atoms with Gasteiger partial charge in [0.1, 0.15) is 5.75 Å². The predicted molar refractivity (Wildman–Crippen MR) is 108 cm³/mol. The lowest BCUT2D eigenvalue weighted by Gasteiger charge is -2.06. The Morgan fingerprint density at radius 2 is 1.80 bits per heavy atom. The van der Waals surface area contributed by atoms with Crippen molar-refractivity contribution in [3.05, 3.63) is 52.1 Å². The second-order valence-electron chi connectivity index (χ2n) is 5.91. The van der Waals surface area contributed by atoms with Gasteiger partial charge in [0, 0.05) is 30.2 Å². The Bertz CT molecular complexity index is 958. The van der Waals surface area contributed by atoms with Gasteiger partial charge in [0.2, 0.25) is 11.8 Å². The zero-order valence-corrected chi connectivity index (χ0v) is 16.2. The van der Waals surface area contributed by atoms with Crippen LogP contribution in [0.1, 0.15) is 18.4 Å². The lowest BCUT2D eigenvalue weighted by atomic mass is 10.2. The number of nitrogens with one attached hydrogen (secondary N) is 2. The Balaban J connectivity index is 1.88. The van der Waals surface area contributed by atoms with E-state index in [-0.39, 0.29) is 41.5 Å². The molecule has 0 heterocycles. The van der Waals surface area contributed by atoms with Gasteiger partial charge >= 0.3 is 0 Å². The summed E-state index contributed by atoms with van der Waals surface area (Å²) in [4.78, 5) is 34.0. The minimum atomic E-state index is -0.653. The fourth-order valence-electron chi connectivity index (χ4n) is 2.33. The van der Waals surface area contributed by atoms with Gasteiger partial charge in [-0.15, -0.1) is 0 Å². The van der Waals surface area contributed by atoms with Gasteiger partial charge in [-0.1, -0.05) is 0 Å². The highest BCUT2D eigenvalue weighted by Gasteiger charge is 2.16. The van der Waals surface area contributed by atoms with E-state index in [1.54, 1.807) is 24.3 Å². The summed E-state index contributed by atoms with van der Waals surface area (Å²) in [6, 6.07) is 8.86. The molecule has 2 rings (SSSR count). The van der Waals surface area contributed by atoms with Gasteiger partial charge in [-0.3, -0.25) is 19.7 Å². The molecule has 0 aliphatic rings. The predicted octanol–water partition coefficient (Wildman–Crippen LogP) is 2.19. The number of methoxy groups -OCH3 is 2. The van der Waals surface area contributed by atoms with Crippen molar-refractivity contribution < 1.29 is 29.1 Å². The van der Waals surface area contributed by atoms with Crippen molar-refractivity contribution in [1.82, 2.24) is 5.43 Å². The van der Waals surface area contributed by atoms with Crippen LogP contribution in [0.3, 0.4) is 0 Å². The Morgan fingerprint density at radius 3 is 2.40 bits per heavy atom. The fraction of sp³-hybridized carbons (Fsp3) is 0.211. The van der Waals surface area contributed by atoms with E-state index < -0.39 is 10.8 Å². The molecule has 0 aromatic heterocycles. The van der Waals surface area contributed by atoms with Crippen LogP contribution in [0.4, 0.5) is 11.4 Å². The van der Waals surface area contributed by atoms with E-state index in [1.807, 2.05) is 0 Å². The molecular formula is C19H20N4O7. The highest BCUT2D eigenvalue weighted by Crippen LogP contribution is 2.33. The molecule has 0 saturated carbocycles. The average molecular weight is 416 g/mol. The minimum absolute atomic E-state index is 0.0152. The van der Waals surface area contributed by atoms with E-state index in [4.69, 9.17) is 9.47 Å². The normalized spacial score (nSPS) is 10.5. The summed E-state index contributed by atoms with van der Waals surface area (Å²) in [5.74, 6) is -0.724. The minimum Gasteiger partial charge on any atom is -0.504 e. The number of hydrogen-bond acceptors (Lipinski definition) is 8. The molecule has 0 atom stereocenters. The quantitative estimate of drug-likeness (QED) is 0.322. The van der Waals surface area contributed by atoms with E-state index >= 15 is 0 Å². The average Bonchev–Trinajstić information content (AvgIpc) is 2.73. The van der Waals surface area contributed by atoms with Gasteiger partial charge in [0.15, 0.2) is 11.5 Å². The van der Waals surface area contributed by atoms with Crippen molar-refractivity contribution in [1.29, 1.82) is 0 Å². The maximum absolute atomic E-state index is 11.9. The Kier molecular flexibility index (Phi) is 7.68. The summed E-state index contributed by atoms with van der Waals surface area (Å²) in [6.45, 7) is 0. The van der Waals surface area contributed by atoms with Crippen molar-refractivity contribution >= 4 is 29.4 Å². The molecule has 0 spiro atoms. The second kappa shape index (κ2) is 10.4. The van der Waals surface area contributed by atoms with Gasteiger partial charge in [0.25, 0.3) is 5.69 Å². The van der Waals surface area contributed by atoms with E-state index in [0.29, 0.717) is 11.4 Å². The summed E-state index contributed by atoms with van der Waals surface area (Å²) >= 11 is 0. The van der Waals surface area contributed by atoms with Crippen LogP contribution in [-0.4, -0.2) is 42.3 Å². The SMILES string of the molecule is COc1ccc(NC(=O)CCC(=O)NN=Cc2cc([N+](=O)[O-])cc(OC)c2O)cc1. The highest BCUT2D eigenvalue weighted by molar-refractivity contribution is 5.93. The number of hydrazone groups is 1. The zero-order valence-electron chi connectivity index (χ0n) is 16.2. The lowest BCUT2D eigenvalue weighted by molar-refractivity contribution is -0.385. The fourth-order valence-corrected chi connectivity index (χ4v) is 2.33. The molecule has 2 amide bonds. The summed E-state index contributed by atoms with van der Waals surface area (Å²) in [5, 5.41) is 27.2. The third-order valence-corrected chi connectivity index (χ3v) is 3.87. The van der Waals surface area contributed by atoms with E-state index in [0.717, 1.165) is 18.3 Å². The summed E-state index contributed by atoms with van der Waals surface area (Å²) in [6.07, 6.45) is 0.826. The number of non-ortho nitro benzene ring substituents is 1. The molecular weight excluding hydrogens is 396 g/mol. The number of benzene rings is 2. The number of phenolic OH excluding ortho intramolecular Hbond substituents is 1. The monoisotopic (exact) mass is 416 g/mol. The highest BCUT2D eigenvalue weighted by atomic mass is 16.6. The maximum atomic E-state index is 11.9. The van der Waals surface area contributed by atoms with Crippen LogP contribution in [-0.2, 0) is 9.59 Å². The van der Waals surface area contributed by atoms with Crippen LogP contribution in [0, 0.1) is 10.1 Å². The first-order chi connectivity index (χ1) is 14.3. The molecule has 0 unspecified atom stereocenters. The first kappa shape index (κ1) is 22.1. The van der Waals surface area contributed by atoms with Crippen molar-refractivity contribution in [3.8, 4) is 17.2 Å². The number of amides is 2. The molecule has 158 valence electrons. The van der Waals surface area contributed by atoms with Crippen molar-refractivity contribution in [2.45, 2.75) is 12.8 Å². The molecule has 0 fully saturated rings. The first-order valence-electron chi connectivity index (χ1n) is 8.65. The van der Waals surface area contributed by atoms with Crippen molar-refractivity contribution in [2.75, 3.05) is 19.5 Å². The summed E-state index contributed by atoms with van der Waals surface area (Å²) < 4.78 is 9.90.